The molecule has 12 heterocycles. The fourth-order valence-electron chi connectivity index (χ4n) is 20.1. The van der Waals surface area contributed by atoms with E-state index >= 15 is 0 Å². The zero-order valence-electron chi connectivity index (χ0n) is 126. The molecule has 15 unspecified atom stereocenters. The molecule has 0 aliphatic carbocycles. The zero-order chi connectivity index (χ0) is 138. The van der Waals surface area contributed by atoms with Crippen molar-refractivity contribution in [1.29, 1.82) is 0 Å². The Bertz CT molecular complexity index is 7290. The summed E-state index contributed by atoms with van der Waals surface area (Å²) in [5.74, 6) is -20.7. The van der Waals surface area contributed by atoms with Crippen molar-refractivity contribution < 1.29 is 142 Å². The van der Waals surface area contributed by atoms with Crippen LogP contribution in [0.4, 0.5) is 0 Å². The van der Waals surface area contributed by atoms with E-state index in [1.165, 1.54) is 71.7 Å². The number of rotatable bonds is 27. The van der Waals surface area contributed by atoms with E-state index in [0.717, 1.165) is 70.5 Å². The molecule has 24 nitrogen and oxygen atoms in total. The maximum absolute atomic E-state index is 13.6. The molecule has 0 saturated carbocycles. The Morgan fingerprint density at radius 3 is 0.887 bits per heavy atom. The van der Waals surface area contributed by atoms with Crippen LogP contribution >= 0.6 is 0 Å². The molecule has 6 saturated heterocycles. The lowest BCUT2D eigenvalue weighted by atomic mass is 9.79. The van der Waals surface area contributed by atoms with Crippen LogP contribution in [0.5, 0.6) is 69.0 Å². The minimum absolute atomic E-state index is 0.0302. The first kappa shape index (κ1) is 65.9. The van der Waals surface area contributed by atoms with Crippen molar-refractivity contribution in [2.24, 2.45) is 70.9 Å². The van der Waals surface area contributed by atoms with Crippen LogP contribution < -0.4 is 56.8 Å². The summed E-state index contributed by atoms with van der Waals surface area (Å²) in [5.41, 5.74) is 8.92. The lowest BCUT2D eigenvalue weighted by molar-refractivity contribution is -0.130. The number of carbonyl (C=O) groups is 6. The SMILES string of the molecule is [2H]C([2H])([2H])C([2H])(C([2H])([2H])C)C([2H])([2H])C1CN2CCc3cc(OC)c(OC)cc3C2CC1=O.[2H]C1(CC(C)C)CN2CCc3cc(OC)c(OC)cc3C2C([2H])([2H])C1=O.[2H]C1([2H])C(=O)C(C([2H])([2H])C([2H])(C([2H])([2H])[2H])C([2H])([2H])C)C([2H])([2H])N2CCc3cc(OC)c(OC)cc3C21.[2H]C1([2H])C(=O)C([2H])(C([2H])([2H])C([2H])(C([2H])([2H])[2H])C([2H])([2H])C)CN2CCc3cc(OC)c(OC)cc3C21.[2H]C1([2H])C(=O)C([2H])(CC(C)C)C([2H])([2H])N2CCc3cc(OC)c(OC)cc3C21.[2H]C1([2H])C(CC(C)C)C(=O)CC2c3cc(OC)c(OC)cc3CCN21. The highest BCUT2D eigenvalue weighted by molar-refractivity contribution is 5.86. The zero-order valence-corrected chi connectivity index (χ0v) is 85.0. The van der Waals surface area contributed by atoms with Crippen molar-refractivity contribution in [2.45, 2.75) is 253 Å². The Hall–Kier alpha value is -9.30. The predicted molar refractivity (Wildman–Crippen MR) is 555 cm³/mol. The van der Waals surface area contributed by atoms with Crippen LogP contribution in [0.15, 0.2) is 72.8 Å². The van der Waals surface area contributed by atoms with Crippen molar-refractivity contribution in [2.75, 3.05) is 164 Å². The molecule has 18 rings (SSSR count). The number of hydrogen-bond acceptors (Lipinski definition) is 24. The number of benzene rings is 6. The Balaban J connectivity index is 0.000000178. The normalized spacial score (nSPS) is 34.5. The number of nitrogens with zero attached hydrogens (tertiary/aromatic N) is 6. The number of hydrogen-bond donors (Lipinski definition) is 0. The molecule has 141 heavy (non-hydrogen) atoms. The van der Waals surface area contributed by atoms with Crippen LogP contribution in [0.3, 0.4) is 0 Å². The molecular weight excluding hydrogens is 1780 g/mol. The number of ether oxygens (including phenoxy) is 12. The molecule has 6 aromatic rings. The van der Waals surface area contributed by atoms with Gasteiger partial charge in [-0.05, 0) is 252 Å². The minimum atomic E-state index is -3.65. The van der Waals surface area contributed by atoms with Gasteiger partial charge in [-0.25, -0.2) is 0 Å². The van der Waals surface area contributed by atoms with Gasteiger partial charge in [-0.2, -0.15) is 0 Å². The Morgan fingerprint density at radius 1 is 0.298 bits per heavy atom. The summed E-state index contributed by atoms with van der Waals surface area (Å²) in [6, 6.07) is 15.8. The Morgan fingerprint density at radius 2 is 0.546 bits per heavy atom. The first-order valence-electron chi connectivity index (χ1n) is 68.5. The van der Waals surface area contributed by atoms with Crippen LogP contribution in [0.2, 0.25) is 0 Å². The van der Waals surface area contributed by atoms with Gasteiger partial charge in [0.15, 0.2) is 69.0 Å². The van der Waals surface area contributed by atoms with Gasteiger partial charge in [0.05, 0.1) is 85.3 Å². The summed E-state index contributed by atoms with van der Waals surface area (Å²) < 4.78 is 407. The second-order valence-corrected chi connectivity index (χ2v) is 37.4. The number of Topliss-reactive ketones (excluding diaryl/α,β-unsaturated/α-hetero) is 6. The topological polar surface area (TPSA) is 233 Å². The molecule has 24 heteroatoms. The maximum atomic E-state index is 13.6. The van der Waals surface area contributed by atoms with Gasteiger partial charge in [0, 0.05) is 245 Å². The molecule has 15 atom stereocenters. The van der Waals surface area contributed by atoms with Gasteiger partial charge >= 0.3 is 0 Å². The molecule has 12 aliphatic rings. The quantitative estimate of drug-likeness (QED) is 0.0466. The van der Waals surface area contributed by atoms with Gasteiger partial charge in [0.2, 0.25) is 0 Å². The second-order valence-electron chi connectivity index (χ2n) is 37.4. The molecule has 0 spiro atoms. The summed E-state index contributed by atoms with van der Waals surface area (Å²) >= 11 is 0. The number of ketones is 6. The fourth-order valence-corrected chi connectivity index (χ4v) is 20.1. The summed E-state index contributed by atoms with van der Waals surface area (Å²) in [5, 5.41) is 0. The fraction of sp³-hybridized carbons (Fsp3) is 0.641. The van der Waals surface area contributed by atoms with Gasteiger partial charge in [0.25, 0.3) is 0 Å². The maximum Gasteiger partial charge on any atom is 0.161 e. The summed E-state index contributed by atoms with van der Waals surface area (Å²) in [7, 11) is 18.0. The third-order valence-electron chi connectivity index (χ3n) is 27.3. The van der Waals surface area contributed by atoms with Crippen LogP contribution in [0, 0.1) is 70.9 Å². The van der Waals surface area contributed by atoms with Crippen molar-refractivity contribution >= 4 is 34.7 Å². The largest absolute Gasteiger partial charge is 0.493 e. The summed E-state index contributed by atoms with van der Waals surface area (Å²) in [6.45, 7) is -2.03. The smallest absolute Gasteiger partial charge is 0.161 e. The van der Waals surface area contributed by atoms with Crippen molar-refractivity contribution in [3.63, 3.8) is 0 Å². The molecule has 0 N–H and O–H groups in total. The predicted octanol–water partition coefficient (Wildman–Crippen LogP) is 20.6. The lowest BCUT2D eigenvalue weighted by Gasteiger charge is -2.43. The number of piperidine rings is 6. The Labute approximate surface area is 900 Å². The van der Waals surface area contributed by atoms with Gasteiger partial charge in [-0.3, -0.25) is 58.2 Å². The molecular formula is C117H168N6O18. The molecule has 774 valence electrons. The highest BCUT2D eigenvalue weighted by Gasteiger charge is 2.47. The molecule has 12 aliphatic heterocycles. The third kappa shape index (κ3) is 25.6. The average Bonchev–Trinajstić information content (AvgIpc) is 0.682. The number of methoxy groups -OCH3 is 12. The van der Waals surface area contributed by atoms with Crippen molar-refractivity contribution in [3.05, 3.63) is 140 Å². The minimum Gasteiger partial charge on any atom is -0.493 e. The van der Waals surface area contributed by atoms with Crippen LogP contribution in [-0.2, 0) is 67.3 Å². The van der Waals surface area contributed by atoms with Crippen LogP contribution in [0.1, 0.15) is 338 Å². The first-order chi connectivity index (χ1) is 83.3. The van der Waals surface area contributed by atoms with Gasteiger partial charge in [-0.1, -0.05) is 102 Å². The highest BCUT2D eigenvalue weighted by Crippen LogP contribution is 2.51. The molecule has 0 bridgehead atoms. The monoisotopic (exact) mass is 1990 g/mol. The van der Waals surface area contributed by atoms with Crippen LogP contribution in [0.25, 0.3) is 0 Å². The van der Waals surface area contributed by atoms with Gasteiger partial charge in [-0.15, -0.1) is 0 Å². The molecule has 6 aromatic carbocycles. The van der Waals surface area contributed by atoms with E-state index in [2.05, 4.69) is 0 Å². The van der Waals surface area contributed by atoms with E-state index in [1.807, 2.05) is 86.6 Å². The van der Waals surface area contributed by atoms with E-state index in [4.69, 9.17) is 113 Å². The van der Waals surface area contributed by atoms with E-state index in [-0.39, 0.29) is 93.0 Å². The third-order valence-corrected chi connectivity index (χ3v) is 27.3. The molecule has 6 fully saturated rings. The highest BCUT2D eigenvalue weighted by atomic mass is 16.5. The molecule has 0 amide bonds. The standard InChI is InChI=1S/3C20H29NO3.3C19H27NO3/c3*1-5-13(2)8-15-12-21-7-6-14-9-19(23-3)20(24-4)10-16(14)17(21)11-18(15)22;3*1-12(2)7-14-11-20-6-5-13-8-18(22-3)19(23-4)9-15(13)16(20)10-17(14)21/h3*9-10,13,15,17H,5-8,11-12H2,1-4H3;3*8-9,12,14,16H,5-7,10-11H2,1-4H3/i2D3,5D2,8D2,11D2,13D,15D;2D3,5D2,8D2,11D2,12D2,13D;2D3,5D2,8D2,13D;10D2,11D2,14D;10D2,14D;11D2. The van der Waals surface area contributed by atoms with E-state index in [1.54, 1.807) is 65.9 Å². The summed E-state index contributed by atoms with van der Waals surface area (Å²) in [4.78, 5) is 88.8. The van der Waals surface area contributed by atoms with Gasteiger partial charge < -0.3 is 56.8 Å². The van der Waals surface area contributed by atoms with E-state index < -0.39 is 217 Å². The second kappa shape index (κ2) is 50.0. The number of fused-ring (bicyclic) bond motifs is 18. The molecule has 0 aromatic heterocycles. The van der Waals surface area contributed by atoms with Crippen molar-refractivity contribution in [3.8, 4) is 69.0 Å². The summed E-state index contributed by atoms with van der Waals surface area (Å²) in [6.07, 6.45) is -25.0. The van der Waals surface area contributed by atoms with Gasteiger partial charge in [0.1, 0.15) is 34.7 Å². The van der Waals surface area contributed by atoms with Crippen molar-refractivity contribution in [1.82, 2.24) is 29.4 Å². The van der Waals surface area contributed by atoms with E-state index in [0.29, 0.717) is 156 Å². The average molecular weight is 1990 g/mol. The van der Waals surface area contributed by atoms with E-state index in [9.17, 15) is 28.8 Å². The number of carbonyl (C=O) groups excluding carboxylic acids is 6. The molecule has 0 radical (unpaired) electrons. The van der Waals surface area contributed by atoms with Crippen LogP contribution in [-0.4, -0.2) is 228 Å². The first-order valence-corrected chi connectivity index (χ1v) is 48.0. The Kier molecular flexibility index (Phi) is 23.4. The lowest BCUT2D eigenvalue weighted by Crippen LogP contribution is -2.46.